The lowest BCUT2D eigenvalue weighted by Gasteiger charge is -2.13. The Hall–Kier alpha value is -5.31. The first-order chi connectivity index (χ1) is 31.5. The zero-order valence-electron chi connectivity index (χ0n) is 36.7. The molecule has 0 saturated carbocycles. The molecule has 0 saturated heterocycles. The van der Waals surface area contributed by atoms with E-state index in [4.69, 9.17) is 57.9 Å². The third-order valence-corrected chi connectivity index (χ3v) is 11.0. The van der Waals surface area contributed by atoms with Gasteiger partial charge in [-0.2, -0.15) is 13.2 Å². The quantitative estimate of drug-likeness (QED) is 0.0244. The number of unbranched alkanes of at least 4 members (excludes halogenated alkanes) is 5. The van der Waals surface area contributed by atoms with E-state index in [1.54, 1.807) is 6.92 Å². The van der Waals surface area contributed by atoms with Crippen LogP contribution in [0.4, 0.5) is 23.7 Å². The minimum absolute atomic E-state index is 0.0398. The Balaban J connectivity index is 0.000000382. The zero-order chi connectivity index (χ0) is 50.3. The fourth-order valence-electron chi connectivity index (χ4n) is 5.21. The molecule has 0 amide bonds. The molecule has 366 valence electrons. The summed E-state index contributed by atoms with van der Waals surface area (Å²) in [6.45, 7) is 6.20. The predicted octanol–water partition coefficient (Wildman–Crippen LogP) is 11.2. The first-order valence-corrected chi connectivity index (χ1v) is 24.4. The average molecular weight is 1020 g/mol. The van der Waals surface area contributed by atoms with Crippen LogP contribution in [-0.2, 0) is 29.8 Å². The summed E-state index contributed by atoms with van der Waals surface area (Å²) >= 11 is 12.9. The number of nitrogens with zero attached hydrogens (tertiary/aromatic N) is 3. The predicted molar refractivity (Wildman–Crippen MR) is 246 cm³/mol. The van der Waals surface area contributed by atoms with Crippen LogP contribution in [0.25, 0.3) is 11.3 Å². The number of esters is 2. The molecule has 0 bridgehead atoms. The highest BCUT2D eigenvalue weighted by Crippen LogP contribution is 2.38. The van der Waals surface area contributed by atoms with Gasteiger partial charge in [0.05, 0.1) is 22.1 Å². The Labute approximate surface area is 398 Å². The molecular formula is C43H50Cl2F3N4O13PS. The summed E-state index contributed by atoms with van der Waals surface area (Å²) < 4.78 is 69.3. The summed E-state index contributed by atoms with van der Waals surface area (Å²) in [5.41, 5.74) is 4.27. The molecule has 1 aromatic heterocycles. The van der Waals surface area contributed by atoms with Crippen LogP contribution in [0.5, 0.6) is 17.2 Å². The van der Waals surface area contributed by atoms with Crippen molar-refractivity contribution in [3.05, 3.63) is 104 Å². The number of alkyl halides is 3. The summed E-state index contributed by atoms with van der Waals surface area (Å²) in [6.07, 6.45) is 1.25. The highest BCUT2D eigenvalue weighted by molar-refractivity contribution is 8.13. The molecule has 67 heavy (non-hydrogen) atoms. The average Bonchev–Trinajstić information content (AvgIpc) is 3.26. The second kappa shape index (κ2) is 28.8. The number of halogens is 5. The van der Waals surface area contributed by atoms with Crippen molar-refractivity contribution in [3.63, 3.8) is 0 Å². The standard InChI is InChI=1S/C19H15ClF3NO7.C19H23ClN2O2S.C5H12NO4P/c1-3-29-17(25)10(2)30-18(26)13-9-12(5-6-15(13)24(27)28)31-16-7-4-11(8-14(16)20)19(21,22)23;1-2-3-4-5-6-10-13-25-19(23)24-16-14-17(20)21-22-18(16)15-11-8-7-9-12-15;1-11(9,10)3-2-4(6)5(7)8/h4-10H,3H2,1-2H3;7-9,11-12,14H,2-6,10,13H2,1H3;4H,2-3,6H2,1H3,(H,7,8)(H,9,10). The van der Waals surface area contributed by atoms with Crippen LogP contribution in [0.15, 0.2) is 72.8 Å². The number of carbonyl (C=O) groups excluding carboxylic acids is 3. The van der Waals surface area contributed by atoms with E-state index in [0.29, 0.717) is 17.5 Å². The molecule has 0 aliphatic carbocycles. The van der Waals surface area contributed by atoms with Crippen molar-refractivity contribution in [2.24, 2.45) is 5.73 Å². The molecule has 1 heterocycles. The van der Waals surface area contributed by atoms with E-state index >= 15 is 0 Å². The van der Waals surface area contributed by atoms with Crippen molar-refractivity contribution >= 4 is 71.2 Å². The maximum atomic E-state index is 12.8. The van der Waals surface area contributed by atoms with Crippen molar-refractivity contribution in [1.29, 1.82) is 0 Å². The van der Waals surface area contributed by atoms with Gasteiger partial charge in [-0.3, -0.25) is 19.5 Å². The summed E-state index contributed by atoms with van der Waals surface area (Å²) in [4.78, 5) is 65.4. The molecule has 4 rings (SSSR count). The topological polar surface area (TPSA) is 258 Å². The monoisotopic (exact) mass is 1020 g/mol. The first-order valence-electron chi connectivity index (χ1n) is 20.4. The summed E-state index contributed by atoms with van der Waals surface area (Å²) in [6, 6.07) is 15.3. The lowest BCUT2D eigenvalue weighted by molar-refractivity contribution is -0.385. The molecule has 0 fully saturated rings. The van der Waals surface area contributed by atoms with Gasteiger partial charge in [-0.25, -0.2) is 14.4 Å². The third kappa shape index (κ3) is 21.9. The lowest BCUT2D eigenvalue weighted by Crippen LogP contribution is -2.30. The van der Waals surface area contributed by atoms with E-state index < -0.39 is 65.3 Å². The van der Waals surface area contributed by atoms with Crippen molar-refractivity contribution in [2.75, 3.05) is 25.2 Å². The molecule has 3 unspecified atom stereocenters. The van der Waals surface area contributed by atoms with E-state index in [2.05, 4.69) is 17.1 Å². The van der Waals surface area contributed by atoms with Gasteiger partial charge in [-0.15, -0.1) is 10.2 Å². The fourth-order valence-corrected chi connectivity index (χ4v) is 6.98. The van der Waals surface area contributed by atoms with Crippen LogP contribution < -0.4 is 15.2 Å². The third-order valence-electron chi connectivity index (χ3n) is 8.63. The van der Waals surface area contributed by atoms with E-state index in [1.807, 2.05) is 30.3 Å². The van der Waals surface area contributed by atoms with Gasteiger partial charge in [0.1, 0.15) is 28.8 Å². The number of thioether (sulfide) groups is 1. The number of carbonyl (C=O) groups is 4. The van der Waals surface area contributed by atoms with Gasteiger partial charge >= 0.3 is 29.4 Å². The molecule has 4 N–H and O–H groups in total. The van der Waals surface area contributed by atoms with Crippen LogP contribution in [0, 0.1) is 10.1 Å². The van der Waals surface area contributed by atoms with Gasteiger partial charge in [0.15, 0.2) is 24.4 Å². The normalized spacial score (nSPS) is 12.6. The molecule has 0 aliphatic rings. The van der Waals surface area contributed by atoms with Crippen LogP contribution >= 0.6 is 42.3 Å². The number of hydrogen-bond acceptors (Lipinski definition) is 15. The van der Waals surface area contributed by atoms with Gasteiger partial charge in [0, 0.05) is 42.3 Å². The molecule has 0 aliphatic heterocycles. The maximum Gasteiger partial charge on any atom is 0.416 e. The number of nitro groups is 1. The number of rotatable bonds is 20. The van der Waals surface area contributed by atoms with Gasteiger partial charge in [-0.1, -0.05) is 92.6 Å². The molecule has 3 aromatic carbocycles. The largest absolute Gasteiger partial charge is 0.480 e. The number of carboxylic acid groups (broad SMARTS) is 1. The molecule has 17 nitrogen and oxygen atoms in total. The Kier molecular flexibility index (Phi) is 24.8. The van der Waals surface area contributed by atoms with Crippen molar-refractivity contribution in [3.8, 4) is 28.5 Å². The van der Waals surface area contributed by atoms with Crippen LogP contribution in [-0.4, -0.2) is 85.7 Å². The van der Waals surface area contributed by atoms with Crippen molar-refractivity contribution < 1.29 is 70.8 Å². The minimum Gasteiger partial charge on any atom is -0.480 e. The fraction of sp³-hybridized carbons (Fsp3) is 0.395. The Morgan fingerprint density at radius 3 is 2.18 bits per heavy atom. The number of aromatic nitrogens is 2. The number of hydrogen-bond donors (Lipinski definition) is 3. The second-order valence-electron chi connectivity index (χ2n) is 14.2. The first kappa shape index (κ1) is 57.8. The summed E-state index contributed by atoms with van der Waals surface area (Å²) in [5.74, 6) is -2.40. The highest BCUT2D eigenvalue weighted by Gasteiger charge is 2.31. The van der Waals surface area contributed by atoms with Crippen molar-refractivity contribution in [1.82, 2.24) is 10.2 Å². The highest BCUT2D eigenvalue weighted by atomic mass is 35.5. The number of benzene rings is 3. The number of nitro benzene ring substituents is 1. The maximum absolute atomic E-state index is 12.8. The van der Waals surface area contributed by atoms with E-state index in [0.717, 1.165) is 54.5 Å². The number of nitrogens with two attached hydrogens (primary N) is 1. The molecule has 24 heteroatoms. The van der Waals surface area contributed by atoms with Crippen molar-refractivity contribution in [2.45, 2.75) is 84.0 Å². The zero-order valence-corrected chi connectivity index (χ0v) is 39.9. The van der Waals surface area contributed by atoms with Crippen LogP contribution in [0.1, 0.15) is 81.6 Å². The minimum atomic E-state index is -4.61. The Bertz CT molecular complexity index is 2330. The van der Waals surface area contributed by atoms with E-state index in [9.17, 15) is 47.0 Å². The Morgan fingerprint density at radius 1 is 0.940 bits per heavy atom. The van der Waals surface area contributed by atoms with Gasteiger partial charge < -0.3 is 34.7 Å². The van der Waals surface area contributed by atoms with Gasteiger partial charge in [-0.05, 0) is 62.7 Å². The summed E-state index contributed by atoms with van der Waals surface area (Å²) in [7, 11) is -3.10. The second-order valence-corrected chi connectivity index (χ2v) is 18.6. The smallest absolute Gasteiger partial charge is 0.416 e. The van der Waals surface area contributed by atoms with E-state index in [-0.39, 0.29) is 46.2 Å². The molecule has 0 radical (unpaired) electrons. The molecule has 3 atom stereocenters. The van der Waals surface area contributed by atoms with Gasteiger partial charge in [0.2, 0.25) is 0 Å². The number of carboxylic acids is 1. The molecule has 4 aromatic rings. The molecule has 0 spiro atoms. The number of aliphatic carboxylic acids is 1. The Morgan fingerprint density at radius 2 is 1.60 bits per heavy atom. The lowest BCUT2D eigenvalue weighted by atomic mass is 10.1. The number of ether oxygens (including phenoxy) is 4. The van der Waals surface area contributed by atoms with Crippen LogP contribution in [0.2, 0.25) is 10.2 Å². The van der Waals surface area contributed by atoms with Crippen LogP contribution in [0.3, 0.4) is 0 Å². The molecular weight excluding hydrogens is 971 g/mol. The SMILES string of the molecule is CCCCCCCCSC(=O)Oc1cc(Cl)nnc1-c1ccccc1.CCOC(=O)C(C)OC(=O)c1cc(Oc2ccc(C(F)(F)F)cc2Cl)ccc1[N+](=O)[O-].CP(=O)(O)CCC(N)C(=O)O. The van der Waals surface area contributed by atoms with E-state index in [1.165, 1.54) is 57.1 Å². The van der Waals surface area contributed by atoms with Gasteiger partial charge in [0.25, 0.3) is 5.69 Å². The summed E-state index contributed by atoms with van der Waals surface area (Å²) in [5, 5.41) is 26.9.